The molecule has 2 aromatic heterocycles. The zero-order valence-corrected chi connectivity index (χ0v) is 19.5. The standard InChI is InChI=1S/C25H32N4O2S/c30-24-22-20-10-5-2-6-11-21(20)32-23(22)27-25(29(24)18-19-8-3-1-4-9-19)26-12-7-13-28-14-16-31-17-15-28/h1,3-4,8-9H,2,5-7,10-18H2,(H,26,27). The van der Waals surface area contributed by atoms with Crippen LogP contribution in [-0.2, 0) is 24.1 Å². The molecular formula is C25H32N4O2S. The highest BCUT2D eigenvalue weighted by atomic mass is 32.1. The fraction of sp³-hybridized carbons (Fsp3) is 0.520. The first-order chi connectivity index (χ1) is 15.8. The summed E-state index contributed by atoms with van der Waals surface area (Å²) in [6, 6.07) is 10.2. The van der Waals surface area contributed by atoms with E-state index in [1.165, 1.54) is 29.7 Å². The maximum Gasteiger partial charge on any atom is 0.264 e. The van der Waals surface area contributed by atoms with Crippen molar-refractivity contribution in [3.05, 3.63) is 56.7 Å². The Hall–Kier alpha value is -2.22. The van der Waals surface area contributed by atoms with Crippen molar-refractivity contribution in [2.45, 2.75) is 45.1 Å². The molecule has 1 saturated heterocycles. The lowest BCUT2D eigenvalue weighted by atomic mass is 10.1. The van der Waals surface area contributed by atoms with E-state index in [9.17, 15) is 4.79 Å². The second kappa shape index (κ2) is 10.1. The molecule has 2 aliphatic rings. The van der Waals surface area contributed by atoms with Crippen molar-refractivity contribution in [3.63, 3.8) is 0 Å². The molecule has 0 amide bonds. The maximum atomic E-state index is 13.7. The van der Waals surface area contributed by atoms with E-state index in [4.69, 9.17) is 9.72 Å². The number of anilines is 1. The molecule has 5 rings (SSSR count). The molecule has 0 unspecified atom stereocenters. The number of thiophene rings is 1. The van der Waals surface area contributed by atoms with Gasteiger partial charge in [-0.3, -0.25) is 14.3 Å². The number of rotatable bonds is 7. The summed E-state index contributed by atoms with van der Waals surface area (Å²) in [5.41, 5.74) is 2.49. The minimum Gasteiger partial charge on any atom is -0.379 e. The smallest absolute Gasteiger partial charge is 0.264 e. The molecule has 0 spiro atoms. The predicted molar refractivity (Wildman–Crippen MR) is 131 cm³/mol. The molecular weight excluding hydrogens is 420 g/mol. The van der Waals surface area contributed by atoms with Gasteiger partial charge < -0.3 is 10.1 Å². The number of nitrogens with zero attached hydrogens (tertiary/aromatic N) is 3. The predicted octanol–water partition coefficient (Wildman–Crippen LogP) is 3.91. The van der Waals surface area contributed by atoms with Gasteiger partial charge in [-0.2, -0.15) is 0 Å². The fourth-order valence-corrected chi connectivity index (χ4v) is 6.04. The summed E-state index contributed by atoms with van der Waals surface area (Å²) < 4.78 is 7.29. The van der Waals surface area contributed by atoms with Gasteiger partial charge in [0.1, 0.15) is 4.83 Å². The van der Waals surface area contributed by atoms with Gasteiger partial charge in [-0.1, -0.05) is 36.8 Å². The zero-order chi connectivity index (χ0) is 21.8. The molecule has 0 radical (unpaired) electrons. The van der Waals surface area contributed by atoms with E-state index in [1.54, 1.807) is 11.3 Å². The van der Waals surface area contributed by atoms with Gasteiger partial charge >= 0.3 is 0 Å². The third-order valence-electron chi connectivity index (χ3n) is 6.55. The molecule has 1 aliphatic heterocycles. The summed E-state index contributed by atoms with van der Waals surface area (Å²) in [5, 5.41) is 4.36. The molecule has 3 heterocycles. The number of aryl methyl sites for hydroxylation is 2. The van der Waals surface area contributed by atoms with E-state index in [-0.39, 0.29) is 5.56 Å². The van der Waals surface area contributed by atoms with Crippen molar-refractivity contribution in [1.82, 2.24) is 14.5 Å². The van der Waals surface area contributed by atoms with Crippen LogP contribution in [0.1, 0.15) is 41.7 Å². The Bertz CT molecular complexity index is 1100. The molecule has 0 saturated carbocycles. The third-order valence-corrected chi connectivity index (χ3v) is 7.73. The SMILES string of the molecule is O=c1c2c3c(sc2nc(NCCCN2CCOCC2)n1Cc1ccccc1)CCCCC3. The molecule has 1 fully saturated rings. The van der Waals surface area contributed by atoms with Crippen LogP contribution in [-0.4, -0.2) is 53.8 Å². The van der Waals surface area contributed by atoms with Gasteiger partial charge in [0.2, 0.25) is 5.95 Å². The largest absolute Gasteiger partial charge is 0.379 e. The van der Waals surface area contributed by atoms with E-state index in [1.807, 2.05) is 22.8 Å². The van der Waals surface area contributed by atoms with Gasteiger partial charge in [-0.25, -0.2) is 4.98 Å². The lowest BCUT2D eigenvalue weighted by Gasteiger charge is -2.26. The van der Waals surface area contributed by atoms with Crippen molar-refractivity contribution >= 4 is 27.5 Å². The molecule has 1 aromatic carbocycles. The van der Waals surface area contributed by atoms with Crippen molar-refractivity contribution in [3.8, 4) is 0 Å². The van der Waals surface area contributed by atoms with Crippen molar-refractivity contribution in [1.29, 1.82) is 0 Å². The monoisotopic (exact) mass is 452 g/mol. The number of hydrogen-bond donors (Lipinski definition) is 1. The average Bonchev–Trinajstić information content (AvgIpc) is 3.01. The Morgan fingerprint density at radius 1 is 1.06 bits per heavy atom. The quantitative estimate of drug-likeness (QED) is 0.435. The third kappa shape index (κ3) is 4.75. The first-order valence-electron chi connectivity index (χ1n) is 11.9. The second-order valence-corrected chi connectivity index (χ2v) is 9.87. The number of nitrogens with one attached hydrogen (secondary N) is 1. The van der Waals surface area contributed by atoms with E-state index < -0.39 is 0 Å². The second-order valence-electron chi connectivity index (χ2n) is 8.79. The van der Waals surface area contributed by atoms with Gasteiger partial charge in [0, 0.05) is 24.5 Å². The normalized spacial score (nSPS) is 17.2. The van der Waals surface area contributed by atoms with Gasteiger partial charge in [0.25, 0.3) is 5.56 Å². The lowest BCUT2D eigenvalue weighted by Crippen LogP contribution is -2.37. The van der Waals surface area contributed by atoms with Crippen LogP contribution in [0.15, 0.2) is 35.1 Å². The van der Waals surface area contributed by atoms with Crippen LogP contribution in [0.2, 0.25) is 0 Å². The van der Waals surface area contributed by atoms with Crippen LogP contribution in [0.25, 0.3) is 10.2 Å². The summed E-state index contributed by atoms with van der Waals surface area (Å²) in [4.78, 5) is 23.5. The first kappa shape index (κ1) is 21.6. The Morgan fingerprint density at radius 3 is 2.72 bits per heavy atom. The minimum absolute atomic E-state index is 0.105. The number of morpholine rings is 1. The van der Waals surface area contributed by atoms with Crippen molar-refractivity contribution < 1.29 is 4.74 Å². The lowest BCUT2D eigenvalue weighted by molar-refractivity contribution is 0.0378. The summed E-state index contributed by atoms with van der Waals surface area (Å²) in [6.07, 6.45) is 6.72. The molecule has 1 N–H and O–H groups in total. The number of fused-ring (bicyclic) bond motifs is 3. The average molecular weight is 453 g/mol. The Balaban J connectivity index is 1.43. The van der Waals surface area contributed by atoms with Crippen molar-refractivity contribution in [2.24, 2.45) is 0 Å². The minimum atomic E-state index is 0.105. The number of hydrogen-bond acceptors (Lipinski definition) is 6. The van der Waals surface area contributed by atoms with E-state index >= 15 is 0 Å². The van der Waals surface area contributed by atoms with Gasteiger partial charge in [0.15, 0.2) is 0 Å². The molecule has 0 atom stereocenters. The number of ether oxygens (including phenoxy) is 1. The fourth-order valence-electron chi connectivity index (χ4n) is 4.79. The molecule has 1 aliphatic carbocycles. The van der Waals surface area contributed by atoms with Crippen LogP contribution in [0.3, 0.4) is 0 Å². The molecule has 32 heavy (non-hydrogen) atoms. The molecule has 3 aromatic rings. The highest BCUT2D eigenvalue weighted by Crippen LogP contribution is 2.33. The molecule has 6 nitrogen and oxygen atoms in total. The summed E-state index contributed by atoms with van der Waals surface area (Å²) in [7, 11) is 0. The summed E-state index contributed by atoms with van der Waals surface area (Å²) >= 11 is 1.73. The topological polar surface area (TPSA) is 59.4 Å². The number of benzene rings is 1. The van der Waals surface area contributed by atoms with Crippen LogP contribution in [0, 0.1) is 0 Å². The Labute approximate surface area is 193 Å². The van der Waals surface area contributed by atoms with Crippen molar-refractivity contribution in [2.75, 3.05) is 44.7 Å². The van der Waals surface area contributed by atoms with Gasteiger partial charge in [0.05, 0.1) is 25.1 Å². The summed E-state index contributed by atoms with van der Waals surface area (Å²) in [6.45, 7) is 6.03. The highest BCUT2D eigenvalue weighted by molar-refractivity contribution is 7.18. The molecule has 0 bridgehead atoms. The van der Waals surface area contributed by atoms with Gasteiger partial charge in [-0.15, -0.1) is 11.3 Å². The van der Waals surface area contributed by atoms with Crippen LogP contribution < -0.4 is 10.9 Å². The Kier molecular flexibility index (Phi) is 6.86. The van der Waals surface area contributed by atoms with Gasteiger partial charge in [-0.05, 0) is 49.8 Å². The highest BCUT2D eigenvalue weighted by Gasteiger charge is 2.21. The summed E-state index contributed by atoms with van der Waals surface area (Å²) in [5.74, 6) is 0.699. The maximum absolute atomic E-state index is 13.7. The van der Waals surface area contributed by atoms with Crippen LogP contribution in [0.5, 0.6) is 0 Å². The molecule has 7 heteroatoms. The van der Waals surface area contributed by atoms with E-state index in [2.05, 4.69) is 22.3 Å². The first-order valence-corrected chi connectivity index (χ1v) is 12.7. The Morgan fingerprint density at radius 2 is 1.88 bits per heavy atom. The van der Waals surface area contributed by atoms with E-state index in [0.29, 0.717) is 12.5 Å². The van der Waals surface area contributed by atoms with Crippen LogP contribution in [0.4, 0.5) is 5.95 Å². The number of aromatic nitrogens is 2. The molecule has 170 valence electrons. The van der Waals surface area contributed by atoms with Crippen LogP contribution >= 0.6 is 11.3 Å². The van der Waals surface area contributed by atoms with E-state index in [0.717, 1.165) is 74.4 Å². The zero-order valence-electron chi connectivity index (χ0n) is 18.6.